The van der Waals surface area contributed by atoms with Crippen LogP contribution >= 0.6 is 0 Å². The number of anilines is 1. The van der Waals surface area contributed by atoms with E-state index in [0.29, 0.717) is 5.56 Å². The summed E-state index contributed by atoms with van der Waals surface area (Å²) in [6.45, 7) is 9.08. The third-order valence-corrected chi connectivity index (χ3v) is 2.87. The SMILES string of the molecule is CCCC(C)(C)NC(=O)c1ccccc1NCC. The molecule has 0 aliphatic carbocycles. The summed E-state index contributed by atoms with van der Waals surface area (Å²) in [7, 11) is 0. The van der Waals surface area contributed by atoms with Gasteiger partial charge in [0.15, 0.2) is 0 Å². The average molecular weight is 248 g/mol. The van der Waals surface area contributed by atoms with Gasteiger partial charge in [-0.15, -0.1) is 0 Å². The minimum Gasteiger partial charge on any atom is -0.385 e. The lowest BCUT2D eigenvalue weighted by molar-refractivity contribution is 0.0910. The molecular formula is C15H24N2O. The maximum absolute atomic E-state index is 12.3. The lowest BCUT2D eigenvalue weighted by atomic mass is 9.98. The van der Waals surface area contributed by atoms with E-state index < -0.39 is 0 Å². The van der Waals surface area contributed by atoms with Crippen LogP contribution in [0.4, 0.5) is 5.69 Å². The fourth-order valence-electron chi connectivity index (χ4n) is 2.09. The van der Waals surface area contributed by atoms with Crippen LogP contribution in [0.5, 0.6) is 0 Å². The van der Waals surface area contributed by atoms with Crippen LogP contribution in [-0.4, -0.2) is 18.0 Å². The second-order valence-corrected chi connectivity index (χ2v) is 5.16. The van der Waals surface area contributed by atoms with Gasteiger partial charge in [0.2, 0.25) is 0 Å². The lowest BCUT2D eigenvalue weighted by Gasteiger charge is -2.26. The van der Waals surface area contributed by atoms with Crippen molar-refractivity contribution in [3.63, 3.8) is 0 Å². The summed E-state index contributed by atoms with van der Waals surface area (Å²) in [4.78, 5) is 12.3. The van der Waals surface area contributed by atoms with E-state index in [9.17, 15) is 4.79 Å². The van der Waals surface area contributed by atoms with Crippen LogP contribution < -0.4 is 10.6 Å². The quantitative estimate of drug-likeness (QED) is 0.810. The minimum absolute atomic E-state index is 0.00926. The van der Waals surface area contributed by atoms with Gasteiger partial charge in [-0.05, 0) is 39.3 Å². The molecule has 2 N–H and O–H groups in total. The molecule has 1 aromatic carbocycles. The van der Waals surface area contributed by atoms with Crippen molar-refractivity contribution >= 4 is 11.6 Å². The first kappa shape index (κ1) is 14.6. The first-order chi connectivity index (χ1) is 8.50. The fraction of sp³-hybridized carbons (Fsp3) is 0.533. The number of amides is 1. The van der Waals surface area contributed by atoms with Gasteiger partial charge in [-0.2, -0.15) is 0 Å². The van der Waals surface area contributed by atoms with Crippen molar-refractivity contribution in [1.29, 1.82) is 0 Å². The Kier molecular flexibility index (Phi) is 5.20. The van der Waals surface area contributed by atoms with Gasteiger partial charge in [-0.25, -0.2) is 0 Å². The number of nitrogens with one attached hydrogen (secondary N) is 2. The number of hydrogen-bond acceptors (Lipinski definition) is 2. The van der Waals surface area contributed by atoms with Gasteiger partial charge in [0.1, 0.15) is 0 Å². The van der Waals surface area contributed by atoms with Crippen LogP contribution in [-0.2, 0) is 0 Å². The standard InChI is InChI=1S/C15H24N2O/c1-5-11-15(3,4)17-14(18)12-9-7-8-10-13(12)16-6-2/h7-10,16H,5-6,11H2,1-4H3,(H,17,18). The van der Waals surface area contributed by atoms with E-state index in [1.807, 2.05) is 31.2 Å². The number of para-hydroxylation sites is 1. The summed E-state index contributed by atoms with van der Waals surface area (Å²) in [5.41, 5.74) is 1.44. The summed E-state index contributed by atoms with van der Waals surface area (Å²) < 4.78 is 0. The van der Waals surface area contributed by atoms with E-state index in [1.165, 1.54) is 0 Å². The Labute approximate surface area is 110 Å². The Morgan fingerprint density at radius 3 is 2.50 bits per heavy atom. The summed E-state index contributed by atoms with van der Waals surface area (Å²) >= 11 is 0. The normalized spacial score (nSPS) is 11.1. The monoisotopic (exact) mass is 248 g/mol. The van der Waals surface area contributed by atoms with Gasteiger partial charge < -0.3 is 10.6 Å². The highest BCUT2D eigenvalue weighted by Gasteiger charge is 2.21. The second kappa shape index (κ2) is 6.43. The van der Waals surface area contributed by atoms with Gasteiger partial charge in [0, 0.05) is 17.8 Å². The molecular weight excluding hydrogens is 224 g/mol. The van der Waals surface area contributed by atoms with Crippen LogP contribution in [0, 0.1) is 0 Å². The molecule has 0 aliphatic rings. The highest BCUT2D eigenvalue weighted by Crippen LogP contribution is 2.17. The molecule has 3 nitrogen and oxygen atoms in total. The maximum atomic E-state index is 12.3. The summed E-state index contributed by atoms with van der Waals surface area (Å²) in [5, 5.41) is 6.31. The van der Waals surface area contributed by atoms with Crippen LogP contribution in [0.15, 0.2) is 24.3 Å². The molecule has 0 unspecified atom stereocenters. The second-order valence-electron chi connectivity index (χ2n) is 5.16. The van der Waals surface area contributed by atoms with Crippen molar-refractivity contribution in [3.8, 4) is 0 Å². The first-order valence-electron chi connectivity index (χ1n) is 6.65. The Bertz CT molecular complexity index is 399. The Morgan fingerprint density at radius 1 is 1.22 bits per heavy atom. The predicted octanol–water partition coefficient (Wildman–Crippen LogP) is 3.43. The Hall–Kier alpha value is -1.51. The molecule has 3 heteroatoms. The third kappa shape index (κ3) is 4.06. The highest BCUT2D eigenvalue weighted by molar-refractivity contribution is 5.99. The summed E-state index contributed by atoms with van der Waals surface area (Å²) in [6.07, 6.45) is 2.03. The Morgan fingerprint density at radius 2 is 1.89 bits per heavy atom. The fourth-order valence-corrected chi connectivity index (χ4v) is 2.09. The molecule has 1 rings (SSSR count). The Balaban J connectivity index is 2.84. The van der Waals surface area contributed by atoms with E-state index in [2.05, 4.69) is 31.4 Å². The highest BCUT2D eigenvalue weighted by atomic mass is 16.1. The molecule has 1 aromatic rings. The van der Waals surface area contributed by atoms with Gasteiger partial charge in [0.05, 0.1) is 5.56 Å². The topological polar surface area (TPSA) is 41.1 Å². The van der Waals surface area contributed by atoms with Crippen molar-refractivity contribution in [2.75, 3.05) is 11.9 Å². The number of carbonyl (C=O) groups excluding carboxylic acids is 1. The summed E-state index contributed by atoms with van der Waals surface area (Å²) in [6, 6.07) is 7.62. The van der Waals surface area contributed by atoms with Crippen molar-refractivity contribution in [2.24, 2.45) is 0 Å². The number of carbonyl (C=O) groups is 1. The van der Waals surface area contributed by atoms with Crippen LogP contribution in [0.1, 0.15) is 50.9 Å². The van der Waals surface area contributed by atoms with E-state index in [0.717, 1.165) is 25.1 Å². The molecule has 1 amide bonds. The zero-order valence-corrected chi connectivity index (χ0v) is 11.8. The van der Waals surface area contributed by atoms with Crippen molar-refractivity contribution < 1.29 is 4.79 Å². The van der Waals surface area contributed by atoms with Crippen LogP contribution in [0.3, 0.4) is 0 Å². The summed E-state index contributed by atoms with van der Waals surface area (Å²) in [5.74, 6) is -0.00926. The van der Waals surface area contributed by atoms with Crippen LogP contribution in [0.25, 0.3) is 0 Å². The molecule has 100 valence electrons. The average Bonchev–Trinajstić information content (AvgIpc) is 2.29. The van der Waals surface area contributed by atoms with E-state index >= 15 is 0 Å². The molecule has 0 saturated heterocycles. The minimum atomic E-state index is -0.162. The zero-order chi connectivity index (χ0) is 13.6. The van der Waals surface area contributed by atoms with Crippen molar-refractivity contribution in [2.45, 2.75) is 46.1 Å². The predicted molar refractivity (Wildman–Crippen MR) is 77.1 cm³/mol. The molecule has 0 fully saturated rings. The molecule has 0 aliphatic heterocycles. The molecule has 0 aromatic heterocycles. The number of hydrogen-bond donors (Lipinski definition) is 2. The van der Waals surface area contributed by atoms with Crippen LogP contribution in [0.2, 0.25) is 0 Å². The largest absolute Gasteiger partial charge is 0.385 e. The van der Waals surface area contributed by atoms with E-state index in [4.69, 9.17) is 0 Å². The maximum Gasteiger partial charge on any atom is 0.253 e. The third-order valence-electron chi connectivity index (χ3n) is 2.87. The molecule has 0 atom stereocenters. The van der Waals surface area contributed by atoms with Gasteiger partial charge in [-0.1, -0.05) is 25.5 Å². The van der Waals surface area contributed by atoms with E-state index in [-0.39, 0.29) is 11.4 Å². The molecule has 0 saturated carbocycles. The lowest BCUT2D eigenvalue weighted by Crippen LogP contribution is -2.43. The molecule has 0 radical (unpaired) electrons. The van der Waals surface area contributed by atoms with Crippen molar-refractivity contribution in [1.82, 2.24) is 5.32 Å². The van der Waals surface area contributed by atoms with Gasteiger partial charge in [0.25, 0.3) is 5.91 Å². The number of rotatable bonds is 6. The van der Waals surface area contributed by atoms with Crippen molar-refractivity contribution in [3.05, 3.63) is 29.8 Å². The van der Waals surface area contributed by atoms with E-state index in [1.54, 1.807) is 0 Å². The molecule has 0 spiro atoms. The first-order valence-corrected chi connectivity index (χ1v) is 6.65. The zero-order valence-electron chi connectivity index (χ0n) is 11.8. The van der Waals surface area contributed by atoms with Gasteiger partial charge in [-0.3, -0.25) is 4.79 Å². The molecule has 0 heterocycles. The van der Waals surface area contributed by atoms with Gasteiger partial charge >= 0.3 is 0 Å². The molecule has 0 bridgehead atoms. The number of benzene rings is 1. The smallest absolute Gasteiger partial charge is 0.253 e. The molecule has 18 heavy (non-hydrogen) atoms.